The molecule has 1 aromatic carbocycles. The summed E-state index contributed by atoms with van der Waals surface area (Å²) in [6.07, 6.45) is 7.24. The van der Waals surface area contributed by atoms with Gasteiger partial charge in [0, 0.05) is 17.8 Å². The zero-order valence-corrected chi connectivity index (χ0v) is 8.49. The SMILES string of the molecule is C1=CC(n2cc(-c3ccccc3)cn2)=N[N]1. The van der Waals surface area contributed by atoms with Crippen LogP contribution in [-0.4, -0.2) is 15.6 Å². The van der Waals surface area contributed by atoms with Gasteiger partial charge in [-0.05, 0) is 5.56 Å². The molecule has 0 saturated carbocycles. The first-order valence-electron chi connectivity index (χ1n) is 4.98. The molecule has 1 aliphatic heterocycles. The highest BCUT2D eigenvalue weighted by Gasteiger charge is 2.06. The molecule has 16 heavy (non-hydrogen) atoms. The Morgan fingerprint density at radius 1 is 1.00 bits per heavy atom. The molecule has 0 spiro atoms. The normalized spacial score (nSPS) is 13.6. The molecule has 3 rings (SSSR count). The summed E-state index contributed by atoms with van der Waals surface area (Å²) in [5.41, 5.74) is 5.99. The van der Waals surface area contributed by atoms with Gasteiger partial charge in [-0.3, -0.25) is 0 Å². The fourth-order valence-corrected chi connectivity index (χ4v) is 1.58. The lowest BCUT2D eigenvalue weighted by Crippen LogP contribution is -2.07. The van der Waals surface area contributed by atoms with Crippen molar-refractivity contribution in [3.63, 3.8) is 0 Å². The van der Waals surface area contributed by atoms with Crippen LogP contribution in [0.2, 0.25) is 0 Å². The van der Waals surface area contributed by atoms with Crippen LogP contribution in [0.3, 0.4) is 0 Å². The van der Waals surface area contributed by atoms with Crippen molar-refractivity contribution in [1.29, 1.82) is 0 Å². The van der Waals surface area contributed by atoms with Crippen LogP contribution in [0.4, 0.5) is 0 Å². The fourth-order valence-electron chi connectivity index (χ4n) is 1.58. The van der Waals surface area contributed by atoms with E-state index in [0.29, 0.717) is 0 Å². The Morgan fingerprint density at radius 2 is 1.88 bits per heavy atom. The molecule has 4 heteroatoms. The molecular weight excluding hydrogens is 200 g/mol. The zero-order valence-electron chi connectivity index (χ0n) is 8.49. The molecule has 0 unspecified atom stereocenters. The molecular formula is C12H9N4. The van der Waals surface area contributed by atoms with Gasteiger partial charge in [-0.15, -0.1) is 5.10 Å². The summed E-state index contributed by atoms with van der Waals surface area (Å²) < 4.78 is 1.72. The molecule has 77 valence electrons. The summed E-state index contributed by atoms with van der Waals surface area (Å²) in [7, 11) is 0. The van der Waals surface area contributed by atoms with E-state index in [-0.39, 0.29) is 0 Å². The predicted octanol–water partition coefficient (Wildman–Crippen LogP) is 1.84. The summed E-state index contributed by atoms with van der Waals surface area (Å²) in [6, 6.07) is 10.1. The molecule has 0 amide bonds. The van der Waals surface area contributed by atoms with Crippen LogP contribution in [0.15, 0.2) is 60.1 Å². The summed E-state index contributed by atoms with van der Waals surface area (Å²) >= 11 is 0. The maximum Gasteiger partial charge on any atom is 0.177 e. The molecule has 0 bridgehead atoms. The Bertz CT molecular complexity index is 551. The van der Waals surface area contributed by atoms with Crippen molar-refractivity contribution in [3.05, 3.63) is 55.0 Å². The minimum Gasteiger partial charge on any atom is -0.220 e. The second-order valence-electron chi connectivity index (χ2n) is 3.43. The Hall–Kier alpha value is -2.36. The first kappa shape index (κ1) is 8.91. The summed E-state index contributed by atoms with van der Waals surface area (Å²) in [4.78, 5) is 0. The van der Waals surface area contributed by atoms with E-state index in [9.17, 15) is 0 Å². The second kappa shape index (κ2) is 3.66. The number of aromatic nitrogens is 2. The van der Waals surface area contributed by atoms with E-state index in [1.165, 1.54) is 0 Å². The quantitative estimate of drug-likeness (QED) is 0.706. The van der Waals surface area contributed by atoms with Gasteiger partial charge in [0.25, 0.3) is 0 Å². The molecule has 0 N–H and O–H groups in total. The largest absolute Gasteiger partial charge is 0.220 e. The highest BCUT2D eigenvalue weighted by atomic mass is 15.4. The van der Waals surface area contributed by atoms with E-state index in [4.69, 9.17) is 0 Å². The van der Waals surface area contributed by atoms with Gasteiger partial charge >= 0.3 is 0 Å². The third-order valence-electron chi connectivity index (χ3n) is 2.37. The van der Waals surface area contributed by atoms with Gasteiger partial charge in [0.2, 0.25) is 0 Å². The Balaban J connectivity index is 1.97. The number of benzene rings is 1. The van der Waals surface area contributed by atoms with Crippen molar-refractivity contribution < 1.29 is 0 Å². The monoisotopic (exact) mass is 209 g/mol. The van der Waals surface area contributed by atoms with E-state index in [2.05, 4.69) is 27.8 Å². The topological polar surface area (TPSA) is 44.3 Å². The fraction of sp³-hybridized carbons (Fsp3) is 0. The van der Waals surface area contributed by atoms with Gasteiger partial charge in [-0.2, -0.15) is 10.5 Å². The van der Waals surface area contributed by atoms with Crippen molar-refractivity contribution in [2.24, 2.45) is 5.10 Å². The van der Waals surface area contributed by atoms with Crippen molar-refractivity contribution >= 4 is 5.84 Å². The molecule has 1 radical (unpaired) electrons. The number of allylic oxidation sites excluding steroid dienone is 1. The molecule has 1 aliphatic rings. The Kier molecular flexibility index (Phi) is 2.04. The lowest BCUT2D eigenvalue weighted by Gasteiger charge is -1.95. The lowest BCUT2D eigenvalue weighted by molar-refractivity contribution is 0.901. The second-order valence-corrected chi connectivity index (χ2v) is 3.43. The van der Waals surface area contributed by atoms with Gasteiger partial charge in [0.15, 0.2) is 5.84 Å². The predicted molar refractivity (Wildman–Crippen MR) is 61.8 cm³/mol. The highest BCUT2D eigenvalue weighted by Crippen LogP contribution is 2.17. The molecule has 0 fully saturated rings. The van der Waals surface area contributed by atoms with Gasteiger partial charge < -0.3 is 0 Å². The zero-order chi connectivity index (χ0) is 10.8. The van der Waals surface area contributed by atoms with Crippen molar-refractivity contribution in [2.45, 2.75) is 0 Å². The summed E-state index contributed by atoms with van der Waals surface area (Å²) in [5, 5.41) is 8.19. The number of nitrogens with zero attached hydrogens (tertiary/aromatic N) is 4. The smallest absolute Gasteiger partial charge is 0.177 e. The van der Waals surface area contributed by atoms with E-state index < -0.39 is 0 Å². The first-order valence-corrected chi connectivity index (χ1v) is 4.98. The number of rotatable bonds is 1. The third-order valence-corrected chi connectivity index (χ3v) is 2.37. The molecule has 1 aromatic heterocycles. The molecule has 2 heterocycles. The van der Waals surface area contributed by atoms with Crippen LogP contribution in [-0.2, 0) is 0 Å². The van der Waals surface area contributed by atoms with Crippen molar-refractivity contribution in [1.82, 2.24) is 15.2 Å². The number of hydrogen-bond acceptors (Lipinski definition) is 2. The minimum atomic E-state index is 0.738. The van der Waals surface area contributed by atoms with Crippen LogP contribution in [0.25, 0.3) is 11.1 Å². The van der Waals surface area contributed by atoms with Crippen LogP contribution in [0, 0.1) is 0 Å². The van der Waals surface area contributed by atoms with Crippen molar-refractivity contribution in [2.75, 3.05) is 0 Å². The third kappa shape index (κ3) is 1.50. The average molecular weight is 209 g/mol. The van der Waals surface area contributed by atoms with Gasteiger partial charge in [-0.25, -0.2) is 4.68 Å². The maximum atomic E-state index is 4.25. The van der Waals surface area contributed by atoms with Crippen molar-refractivity contribution in [3.8, 4) is 11.1 Å². The summed E-state index contributed by atoms with van der Waals surface area (Å²) in [5.74, 6) is 0.738. The Labute approximate surface area is 92.9 Å². The molecule has 0 saturated heterocycles. The first-order chi connectivity index (χ1) is 7.93. The van der Waals surface area contributed by atoms with Crippen LogP contribution >= 0.6 is 0 Å². The summed E-state index contributed by atoms with van der Waals surface area (Å²) in [6.45, 7) is 0. The van der Waals surface area contributed by atoms with Gasteiger partial charge in [0.1, 0.15) is 0 Å². The molecule has 2 aromatic rings. The standard InChI is InChI=1S/C12H9N4/c1-2-4-10(5-3-1)11-8-14-16(9-11)12-6-7-13-15-12/h1-9H. The van der Waals surface area contributed by atoms with E-state index in [1.807, 2.05) is 36.7 Å². The highest BCUT2D eigenvalue weighted by molar-refractivity contribution is 5.95. The van der Waals surface area contributed by atoms with Gasteiger partial charge in [-0.1, -0.05) is 30.3 Å². The number of hydrogen-bond donors (Lipinski definition) is 0. The lowest BCUT2D eigenvalue weighted by atomic mass is 10.1. The van der Waals surface area contributed by atoms with Crippen LogP contribution < -0.4 is 5.43 Å². The minimum absolute atomic E-state index is 0.738. The average Bonchev–Trinajstić information content (AvgIpc) is 3.01. The van der Waals surface area contributed by atoms with E-state index >= 15 is 0 Å². The maximum absolute atomic E-state index is 4.25. The molecule has 0 aliphatic carbocycles. The van der Waals surface area contributed by atoms with Crippen LogP contribution in [0.1, 0.15) is 0 Å². The Morgan fingerprint density at radius 3 is 2.62 bits per heavy atom. The molecule has 4 nitrogen and oxygen atoms in total. The van der Waals surface area contributed by atoms with Gasteiger partial charge in [0.05, 0.1) is 12.4 Å². The van der Waals surface area contributed by atoms with E-state index in [1.54, 1.807) is 10.9 Å². The van der Waals surface area contributed by atoms with Crippen LogP contribution in [0.5, 0.6) is 0 Å². The molecule has 0 atom stereocenters. The van der Waals surface area contributed by atoms with E-state index in [0.717, 1.165) is 17.0 Å².